The summed E-state index contributed by atoms with van der Waals surface area (Å²) < 4.78 is 32.0. The second-order valence-corrected chi connectivity index (χ2v) is 9.10. The molecular weight excluding hydrogens is 480 g/mol. The number of esters is 1. The highest BCUT2D eigenvalue weighted by Gasteiger charge is 2.68. The largest absolute Gasteiger partial charge is 0.452 e. The number of ether oxygens (including phenoxy) is 5. The van der Waals surface area contributed by atoms with Gasteiger partial charge in [-0.05, 0) is 18.1 Å². The smallest absolute Gasteiger partial charge is 0.330 e. The predicted octanol–water partition coefficient (Wildman–Crippen LogP) is 2.20. The van der Waals surface area contributed by atoms with Crippen molar-refractivity contribution < 1.29 is 28.5 Å². The summed E-state index contributed by atoms with van der Waals surface area (Å²) in [5.74, 6) is -2.16. The number of hydrogen-bond acceptors (Lipinski definition) is 8. The van der Waals surface area contributed by atoms with Gasteiger partial charge in [-0.25, -0.2) is 4.79 Å². The van der Waals surface area contributed by atoms with Crippen molar-refractivity contribution in [1.82, 2.24) is 9.55 Å². The zero-order valence-corrected chi connectivity index (χ0v) is 20.5. The molecule has 2 saturated heterocycles. The Hall–Kier alpha value is -3.57. The van der Waals surface area contributed by atoms with Crippen molar-refractivity contribution in [2.24, 2.45) is 0 Å². The van der Waals surface area contributed by atoms with E-state index >= 15 is 0 Å². The molecule has 0 unspecified atom stereocenters. The van der Waals surface area contributed by atoms with Crippen LogP contribution < -0.4 is 11.2 Å². The van der Waals surface area contributed by atoms with Crippen LogP contribution in [0.15, 0.2) is 76.4 Å². The van der Waals surface area contributed by atoms with E-state index in [0.29, 0.717) is 12.2 Å². The number of fused-ring (bicyclic) bond motifs is 1. The van der Waals surface area contributed by atoms with Gasteiger partial charge in [0, 0.05) is 18.7 Å². The average Bonchev–Trinajstić information content (AvgIpc) is 3.39. The fourth-order valence-corrected chi connectivity index (χ4v) is 4.68. The van der Waals surface area contributed by atoms with Crippen molar-refractivity contribution in [1.29, 1.82) is 0 Å². The molecule has 0 amide bonds. The first-order valence-corrected chi connectivity index (χ1v) is 12.0. The first-order chi connectivity index (χ1) is 17.9. The number of rotatable bonds is 8. The topological polar surface area (TPSA) is 118 Å². The molecule has 2 aliphatic rings. The third-order valence-corrected chi connectivity index (χ3v) is 6.48. The Kier molecular flexibility index (Phi) is 7.07. The van der Waals surface area contributed by atoms with E-state index in [-0.39, 0.29) is 13.2 Å². The summed E-state index contributed by atoms with van der Waals surface area (Å²) in [4.78, 5) is 39.3. The summed E-state index contributed by atoms with van der Waals surface area (Å²) in [6.45, 7) is 3.38. The molecule has 0 radical (unpaired) electrons. The maximum absolute atomic E-state index is 12.8. The molecule has 2 fully saturated rings. The monoisotopic (exact) mass is 508 g/mol. The highest BCUT2D eigenvalue weighted by Crippen LogP contribution is 2.48. The van der Waals surface area contributed by atoms with Crippen molar-refractivity contribution in [2.75, 3.05) is 6.61 Å². The van der Waals surface area contributed by atoms with Crippen molar-refractivity contribution in [2.45, 2.75) is 57.4 Å². The van der Waals surface area contributed by atoms with E-state index in [9.17, 15) is 14.4 Å². The van der Waals surface area contributed by atoms with Gasteiger partial charge in [0.2, 0.25) is 11.9 Å². The maximum atomic E-state index is 12.8. The highest BCUT2D eigenvalue weighted by molar-refractivity contribution is 5.66. The van der Waals surface area contributed by atoms with Crippen LogP contribution in [0, 0.1) is 6.92 Å². The zero-order chi connectivity index (χ0) is 26.0. The lowest BCUT2D eigenvalue weighted by atomic mass is 10.0. The molecule has 0 bridgehead atoms. The van der Waals surface area contributed by atoms with Gasteiger partial charge in [0.1, 0.15) is 12.2 Å². The number of carbonyl (C=O) groups is 1. The van der Waals surface area contributed by atoms with E-state index in [4.69, 9.17) is 23.7 Å². The van der Waals surface area contributed by atoms with Crippen LogP contribution in [0.25, 0.3) is 0 Å². The van der Waals surface area contributed by atoms with Gasteiger partial charge in [0.25, 0.3) is 5.56 Å². The van der Waals surface area contributed by atoms with Crippen molar-refractivity contribution in [3.63, 3.8) is 0 Å². The Labute approximate surface area is 212 Å². The number of carbonyl (C=O) groups excluding carboxylic acids is 1. The molecule has 2 aliphatic heterocycles. The summed E-state index contributed by atoms with van der Waals surface area (Å²) in [5, 5.41) is 0. The van der Waals surface area contributed by atoms with Crippen LogP contribution in [-0.2, 0) is 41.7 Å². The molecule has 0 aliphatic carbocycles. The molecule has 2 aromatic carbocycles. The molecule has 3 heterocycles. The molecule has 37 heavy (non-hydrogen) atoms. The van der Waals surface area contributed by atoms with Crippen molar-refractivity contribution in [3.05, 3.63) is 104 Å². The fraction of sp³-hybridized carbons (Fsp3) is 0.370. The summed E-state index contributed by atoms with van der Waals surface area (Å²) in [7, 11) is 0. The van der Waals surface area contributed by atoms with Gasteiger partial charge in [0.15, 0.2) is 6.23 Å². The Bertz CT molecular complexity index is 1360. The predicted molar refractivity (Wildman–Crippen MR) is 130 cm³/mol. The zero-order valence-electron chi connectivity index (χ0n) is 20.5. The van der Waals surface area contributed by atoms with Crippen LogP contribution in [0.2, 0.25) is 0 Å². The minimum absolute atomic E-state index is 0.121. The molecule has 5 atom stereocenters. The second-order valence-electron chi connectivity index (χ2n) is 9.10. The molecule has 194 valence electrons. The van der Waals surface area contributed by atoms with E-state index in [1.54, 1.807) is 6.92 Å². The fourth-order valence-electron chi connectivity index (χ4n) is 4.68. The number of aromatic nitrogens is 2. The molecule has 1 N–H and O–H groups in total. The third-order valence-electron chi connectivity index (χ3n) is 6.48. The first kappa shape index (κ1) is 25.1. The number of aryl methyl sites for hydroxylation is 1. The van der Waals surface area contributed by atoms with Gasteiger partial charge < -0.3 is 23.7 Å². The van der Waals surface area contributed by atoms with Crippen molar-refractivity contribution >= 4 is 5.97 Å². The molecular formula is C27H28N2O8. The Morgan fingerprint density at radius 2 is 1.70 bits per heavy atom. The quantitative estimate of drug-likeness (QED) is 0.460. The van der Waals surface area contributed by atoms with Crippen LogP contribution in [0.4, 0.5) is 0 Å². The Morgan fingerprint density at radius 3 is 2.35 bits per heavy atom. The van der Waals surface area contributed by atoms with Gasteiger partial charge in [0.05, 0.1) is 19.8 Å². The lowest BCUT2D eigenvalue weighted by molar-refractivity contribution is -0.269. The van der Waals surface area contributed by atoms with E-state index in [0.717, 1.165) is 11.1 Å². The standard InChI is InChI=1S/C27H28N2O8/c1-17-13-29(26(32)28-24(17)31)25-23(36-18(2)30)27(34-15-20-11-7-4-8-12-20)22(37-25)21(16-35-27)33-14-19-9-5-3-6-10-19/h3-13,21-23,25H,14-16H2,1-2H3,(H,28,31,32)/t21-,22+,23-,25+,27-/m0/s1. The SMILES string of the molecule is CC(=O)O[C@H]1[C@H](n2cc(C)c(=O)[nH]c2=O)O[C@@H]2[C@@H](OCc3ccccc3)CO[C@@]21OCc1ccccc1. The van der Waals surface area contributed by atoms with Gasteiger partial charge in [-0.1, -0.05) is 60.7 Å². The number of benzene rings is 2. The van der Waals surface area contributed by atoms with E-state index in [2.05, 4.69) is 4.98 Å². The summed E-state index contributed by atoms with van der Waals surface area (Å²) in [6, 6.07) is 19.1. The number of nitrogens with one attached hydrogen (secondary N) is 1. The van der Waals surface area contributed by atoms with E-state index in [1.807, 2.05) is 60.7 Å². The third kappa shape index (κ3) is 5.01. The van der Waals surface area contributed by atoms with Crippen LogP contribution in [0.5, 0.6) is 0 Å². The average molecular weight is 509 g/mol. The number of hydrogen-bond donors (Lipinski definition) is 1. The van der Waals surface area contributed by atoms with Gasteiger partial charge >= 0.3 is 11.7 Å². The van der Waals surface area contributed by atoms with E-state index < -0.39 is 47.5 Å². The summed E-state index contributed by atoms with van der Waals surface area (Å²) >= 11 is 0. The Morgan fingerprint density at radius 1 is 1.05 bits per heavy atom. The Balaban J connectivity index is 1.51. The van der Waals surface area contributed by atoms with E-state index in [1.165, 1.54) is 17.7 Å². The summed E-state index contributed by atoms with van der Waals surface area (Å²) in [6.07, 6.45) is -2.34. The normalized spacial score (nSPS) is 26.6. The molecule has 10 nitrogen and oxygen atoms in total. The summed E-state index contributed by atoms with van der Waals surface area (Å²) in [5.41, 5.74) is 0.897. The lowest BCUT2D eigenvalue weighted by Crippen LogP contribution is -2.52. The molecule has 3 aromatic rings. The molecule has 1 aromatic heterocycles. The highest BCUT2D eigenvalue weighted by atomic mass is 16.8. The van der Waals surface area contributed by atoms with Gasteiger partial charge in [-0.3, -0.25) is 19.1 Å². The van der Waals surface area contributed by atoms with Crippen LogP contribution in [0.1, 0.15) is 29.8 Å². The first-order valence-electron chi connectivity index (χ1n) is 12.0. The van der Waals surface area contributed by atoms with Gasteiger partial charge in [-0.2, -0.15) is 0 Å². The van der Waals surface area contributed by atoms with Gasteiger partial charge in [-0.15, -0.1) is 0 Å². The molecule has 10 heteroatoms. The number of nitrogens with zero attached hydrogens (tertiary/aromatic N) is 1. The van der Waals surface area contributed by atoms with Crippen LogP contribution in [-0.4, -0.2) is 46.2 Å². The lowest BCUT2D eigenvalue weighted by Gasteiger charge is -2.33. The maximum Gasteiger partial charge on any atom is 0.330 e. The van der Waals surface area contributed by atoms with Crippen LogP contribution in [0.3, 0.4) is 0 Å². The molecule has 0 spiro atoms. The number of H-pyrrole nitrogens is 1. The number of aromatic amines is 1. The van der Waals surface area contributed by atoms with Crippen molar-refractivity contribution in [3.8, 4) is 0 Å². The van der Waals surface area contributed by atoms with Crippen LogP contribution >= 0.6 is 0 Å². The molecule has 5 rings (SSSR count). The minimum atomic E-state index is -1.56. The minimum Gasteiger partial charge on any atom is -0.452 e. The second kappa shape index (κ2) is 10.4. The molecule has 0 saturated carbocycles.